The van der Waals surface area contributed by atoms with Crippen LogP contribution in [0, 0.1) is 0 Å². The van der Waals surface area contributed by atoms with Gasteiger partial charge in [0, 0.05) is 15.8 Å². The Hall–Kier alpha value is -1.33. The maximum atomic E-state index is 5.93. The number of hydrogen-bond donors (Lipinski definition) is 2. The smallest absolute Gasteiger partial charge is 0.112 e. The molecule has 2 aromatic heterocycles. The van der Waals surface area contributed by atoms with E-state index in [1.54, 1.807) is 11.3 Å². The van der Waals surface area contributed by atoms with Crippen LogP contribution in [0.25, 0.3) is 11.0 Å². The van der Waals surface area contributed by atoms with E-state index in [2.05, 4.69) is 37.3 Å². The minimum atomic E-state index is 0.697. The molecule has 0 fully saturated rings. The lowest BCUT2D eigenvalue weighted by Crippen LogP contribution is -1.88. The first-order valence-electron chi connectivity index (χ1n) is 5.18. The number of halogens is 1. The first-order chi connectivity index (χ1) is 8.22. The minimum Gasteiger partial charge on any atom is -0.397 e. The van der Waals surface area contributed by atoms with E-state index in [0.717, 1.165) is 27.8 Å². The van der Waals surface area contributed by atoms with Gasteiger partial charge >= 0.3 is 0 Å². The lowest BCUT2D eigenvalue weighted by molar-refractivity contribution is 1.06. The zero-order valence-corrected chi connectivity index (χ0v) is 11.3. The Bertz CT molecular complexity index is 658. The number of nitrogens with two attached hydrogens (primary N) is 1. The Labute approximate surface area is 111 Å². The van der Waals surface area contributed by atoms with Crippen LogP contribution in [0.3, 0.4) is 0 Å². The predicted molar refractivity (Wildman–Crippen MR) is 75.3 cm³/mol. The van der Waals surface area contributed by atoms with Crippen molar-refractivity contribution in [3.8, 4) is 0 Å². The molecule has 0 radical (unpaired) electrons. The Balaban J connectivity index is 2.05. The van der Waals surface area contributed by atoms with Gasteiger partial charge in [0.25, 0.3) is 0 Å². The molecule has 3 nitrogen and oxygen atoms in total. The van der Waals surface area contributed by atoms with Gasteiger partial charge in [-0.3, -0.25) is 0 Å². The Kier molecular flexibility index (Phi) is 2.64. The molecule has 0 unspecified atom stereocenters. The number of aromatic amines is 1. The van der Waals surface area contributed by atoms with Gasteiger partial charge in [0.2, 0.25) is 0 Å². The highest BCUT2D eigenvalue weighted by molar-refractivity contribution is 9.10. The number of nitrogen functional groups attached to an aromatic ring is 1. The molecule has 3 rings (SSSR count). The Morgan fingerprint density at radius 1 is 1.41 bits per heavy atom. The maximum Gasteiger partial charge on any atom is 0.112 e. The SMILES string of the molecule is Nc1cc(Br)cc2[nH]c(Cc3cccs3)nc12. The van der Waals surface area contributed by atoms with E-state index in [9.17, 15) is 0 Å². The third kappa shape index (κ3) is 2.08. The molecule has 0 saturated heterocycles. The number of imidazole rings is 1. The molecule has 5 heteroatoms. The van der Waals surface area contributed by atoms with Gasteiger partial charge in [0.1, 0.15) is 11.3 Å². The number of fused-ring (bicyclic) bond motifs is 1. The van der Waals surface area contributed by atoms with Crippen molar-refractivity contribution in [3.63, 3.8) is 0 Å². The maximum absolute atomic E-state index is 5.93. The lowest BCUT2D eigenvalue weighted by atomic mass is 10.3. The second kappa shape index (κ2) is 4.16. The summed E-state index contributed by atoms with van der Waals surface area (Å²) < 4.78 is 0.967. The summed E-state index contributed by atoms with van der Waals surface area (Å²) in [6.07, 6.45) is 0.823. The van der Waals surface area contributed by atoms with E-state index < -0.39 is 0 Å². The topological polar surface area (TPSA) is 54.7 Å². The number of aromatic nitrogens is 2. The zero-order chi connectivity index (χ0) is 11.8. The van der Waals surface area contributed by atoms with Crippen LogP contribution < -0.4 is 5.73 Å². The van der Waals surface area contributed by atoms with Gasteiger partial charge in [0.05, 0.1) is 11.2 Å². The van der Waals surface area contributed by atoms with Crippen molar-refractivity contribution in [2.45, 2.75) is 6.42 Å². The number of thiophene rings is 1. The van der Waals surface area contributed by atoms with Crippen LogP contribution >= 0.6 is 27.3 Å². The van der Waals surface area contributed by atoms with Crippen molar-refractivity contribution >= 4 is 44.0 Å². The molecule has 0 aliphatic rings. The van der Waals surface area contributed by atoms with E-state index in [-0.39, 0.29) is 0 Å². The van der Waals surface area contributed by atoms with E-state index >= 15 is 0 Å². The summed E-state index contributed by atoms with van der Waals surface area (Å²) in [4.78, 5) is 9.13. The number of nitrogens with zero attached hydrogens (tertiary/aromatic N) is 1. The van der Waals surface area contributed by atoms with Gasteiger partial charge in [0.15, 0.2) is 0 Å². The normalized spacial score (nSPS) is 11.1. The molecule has 0 aliphatic heterocycles. The third-order valence-electron chi connectivity index (χ3n) is 2.55. The summed E-state index contributed by atoms with van der Waals surface area (Å²) in [5, 5.41) is 2.07. The monoisotopic (exact) mass is 307 g/mol. The highest BCUT2D eigenvalue weighted by Crippen LogP contribution is 2.25. The molecule has 1 aromatic carbocycles. The summed E-state index contributed by atoms with van der Waals surface area (Å²) >= 11 is 5.16. The van der Waals surface area contributed by atoms with Crippen molar-refractivity contribution in [3.05, 3.63) is 44.8 Å². The quantitative estimate of drug-likeness (QED) is 0.711. The van der Waals surface area contributed by atoms with Gasteiger partial charge in [-0.1, -0.05) is 22.0 Å². The van der Waals surface area contributed by atoms with E-state index in [0.29, 0.717) is 5.69 Å². The molecule has 0 saturated carbocycles. The van der Waals surface area contributed by atoms with E-state index in [1.165, 1.54) is 4.88 Å². The first kappa shape index (κ1) is 10.8. The van der Waals surface area contributed by atoms with Crippen molar-refractivity contribution in [1.29, 1.82) is 0 Å². The summed E-state index contributed by atoms with van der Waals surface area (Å²) in [5.41, 5.74) is 8.45. The number of benzene rings is 1. The van der Waals surface area contributed by atoms with E-state index in [1.807, 2.05) is 18.2 Å². The average molecular weight is 308 g/mol. The summed E-state index contributed by atoms with van der Waals surface area (Å²) in [7, 11) is 0. The van der Waals surface area contributed by atoms with Crippen molar-refractivity contribution in [2.75, 3.05) is 5.73 Å². The summed E-state index contributed by atoms with van der Waals surface area (Å²) in [6, 6.07) is 8.03. The summed E-state index contributed by atoms with van der Waals surface area (Å²) in [5.74, 6) is 0.951. The molecule has 0 bridgehead atoms. The number of rotatable bonds is 2. The fourth-order valence-electron chi connectivity index (χ4n) is 1.82. The molecule has 86 valence electrons. The van der Waals surface area contributed by atoms with Crippen LogP contribution in [0.1, 0.15) is 10.7 Å². The molecule has 3 aromatic rings. The van der Waals surface area contributed by atoms with Gasteiger partial charge in [-0.2, -0.15) is 0 Å². The van der Waals surface area contributed by atoms with Crippen LogP contribution in [-0.4, -0.2) is 9.97 Å². The Morgan fingerprint density at radius 2 is 2.29 bits per heavy atom. The Morgan fingerprint density at radius 3 is 3.06 bits per heavy atom. The average Bonchev–Trinajstić information content (AvgIpc) is 2.87. The van der Waals surface area contributed by atoms with Crippen molar-refractivity contribution in [2.24, 2.45) is 0 Å². The highest BCUT2D eigenvalue weighted by Gasteiger charge is 2.07. The molecular formula is C12H10BrN3S. The second-order valence-electron chi connectivity index (χ2n) is 3.83. The number of hydrogen-bond acceptors (Lipinski definition) is 3. The number of nitrogens with one attached hydrogen (secondary N) is 1. The largest absolute Gasteiger partial charge is 0.397 e. The molecule has 2 heterocycles. The van der Waals surface area contributed by atoms with Gasteiger partial charge in [-0.15, -0.1) is 11.3 Å². The van der Waals surface area contributed by atoms with Crippen LogP contribution in [0.4, 0.5) is 5.69 Å². The standard InChI is InChI=1S/C12H10BrN3S/c13-7-4-9(14)12-10(5-7)15-11(16-12)6-8-2-1-3-17-8/h1-5H,6,14H2,(H,15,16). The predicted octanol–water partition coefficient (Wildman–Crippen LogP) is 3.56. The van der Waals surface area contributed by atoms with Gasteiger partial charge in [-0.25, -0.2) is 4.98 Å². The highest BCUT2D eigenvalue weighted by atomic mass is 79.9. The number of H-pyrrole nitrogens is 1. The van der Waals surface area contributed by atoms with Crippen LogP contribution in [0.15, 0.2) is 34.1 Å². The first-order valence-corrected chi connectivity index (χ1v) is 6.85. The minimum absolute atomic E-state index is 0.697. The zero-order valence-electron chi connectivity index (χ0n) is 8.90. The fourth-order valence-corrected chi connectivity index (χ4v) is 3.01. The summed E-state index contributed by atoms with van der Waals surface area (Å²) in [6.45, 7) is 0. The van der Waals surface area contributed by atoms with Gasteiger partial charge < -0.3 is 10.7 Å². The van der Waals surface area contributed by atoms with Gasteiger partial charge in [-0.05, 0) is 23.6 Å². The second-order valence-corrected chi connectivity index (χ2v) is 5.78. The molecule has 0 spiro atoms. The molecular weight excluding hydrogens is 298 g/mol. The molecule has 0 aliphatic carbocycles. The molecule has 0 amide bonds. The molecule has 0 atom stereocenters. The fraction of sp³-hybridized carbons (Fsp3) is 0.0833. The van der Waals surface area contributed by atoms with Crippen LogP contribution in [0.5, 0.6) is 0 Å². The molecule has 17 heavy (non-hydrogen) atoms. The number of anilines is 1. The van der Waals surface area contributed by atoms with Crippen LogP contribution in [-0.2, 0) is 6.42 Å². The third-order valence-corrected chi connectivity index (χ3v) is 3.89. The van der Waals surface area contributed by atoms with Crippen molar-refractivity contribution in [1.82, 2.24) is 9.97 Å². The van der Waals surface area contributed by atoms with E-state index in [4.69, 9.17) is 5.73 Å². The van der Waals surface area contributed by atoms with Crippen LogP contribution in [0.2, 0.25) is 0 Å². The molecule has 3 N–H and O–H groups in total. The lowest BCUT2D eigenvalue weighted by Gasteiger charge is -1.94. The van der Waals surface area contributed by atoms with Crippen molar-refractivity contribution < 1.29 is 0 Å².